The van der Waals surface area contributed by atoms with Crippen molar-refractivity contribution in [3.8, 4) is 0 Å². The zero-order valence-corrected chi connectivity index (χ0v) is 18.7. The van der Waals surface area contributed by atoms with Crippen LogP contribution < -0.4 is 4.90 Å². The van der Waals surface area contributed by atoms with Crippen LogP contribution in [-0.4, -0.2) is 22.9 Å². The van der Waals surface area contributed by atoms with Gasteiger partial charge >= 0.3 is 5.97 Å². The lowest BCUT2D eigenvalue weighted by atomic mass is 9.47. The van der Waals surface area contributed by atoms with E-state index in [4.69, 9.17) is 0 Å². The monoisotopic (exact) mass is 487 g/mol. The molecule has 1 aliphatic heterocycles. The number of nitrogens with zero attached hydrogens (tertiary/aromatic N) is 1. The fourth-order valence-corrected chi connectivity index (χ4v) is 6.84. The summed E-state index contributed by atoms with van der Waals surface area (Å²) in [7, 11) is 0. The molecule has 0 aromatic heterocycles. The smallest absolute Gasteiger partial charge is 0.319 e. The van der Waals surface area contributed by atoms with Crippen molar-refractivity contribution in [1.29, 1.82) is 0 Å². The number of amides is 2. The maximum absolute atomic E-state index is 13.9. The van der Waals surface area contributed by atoms with E-state index in [1.54, 1.807) is 30.3 Å². The first-order chi connectivity index (χ1) is 15.4. The SMILES string of the molecule is Cc1ccc(N2C(=O)[C@@H]3[C@@H](C2=O)C2c4ccccc4C3(C(=O)O)c3ccccc32)c(Br)c1. The van der Waals surface area contributed by atoms with Crippen LogP contribution in [0.2, 0.25) is 0 Å². The Kier molecular flexibility index (Phi) is 3.88. The minimum atomic E-state index is -1.61. The molecule has 0 saturated carbocycles. The molecule has 0 spiro atoms. The number of rotatable bonds is 2. The lowest BCUT2D eigenvalue weighted by Crippen LogP contribution is -2.57. The molecule has 1 heterocycles. The Bertz CT molecular complexity index is 1320. The molecule has 2 bridgehead atoms. The van der Waals surface area contributed by atoms with Crippen molar-refractivity contribution in [2.24, 2.45) is 11.8 Å². The van der Waals surface area contributed by atoms with E-state index in [0.717, 1.165) is 16.7 Å². The van der Waals surface area contributed by atoms with Gasteiger partial charge in [0.1, 0.15) is 5.41 Å². The third-order valence-electron chi connectivity index (χ3n) is 7.30. The van der Waals surface area contributed by atoms with E-state index in [0.29, 0.717) is 21.3 Å². The number of carboxylic acids is 1. The fraction of sp³-hybridized carbons (Fsp3) is 0.192. The number of imide groups is 1. The number of carbonyl (C=O) groups is 3. The van der Waals surface area contributed by atoms with E-state index >= 15 is 0 Å². The maximum atomic E-state index is 13.9. The van der Waals surface area contributed by atoms with Gasteiger partial charge in [0.25, 0.3) is 0 Å². The van der Waals surface area contributed by atoms with Gasteiger partial charge < -0.3 is 5.11 Å². The molecule has 1 N–H and O–H groups in total. The van der Waals surface area contributed by atoms with E-state index in [-0.39, 0.29) is 11.8 Å². The van der Waals surface area contributed by atoms with Crippen LogP contribution in [0, 0.1) is 18.8 Å². The Hall–Kier alpha value is -3.25. The molecule has 1 saturated heterocycles. The maximum Gasteiger partial charge on any atom is 0.319 e. The van der Waals surface area contributed by atoms with Gasteiger partial charge in [0, 0.05) is 10.4 Å². The predicted molar refractivity (Wildman–Crippen MR) is 121 cm³/mol. The van der Waals surface area contributed by atoms with E-state index in [9.17, 15) is 19.5 Å². The minimum Gasteiger partial charge on any atom is -0.480 e. The average molecular weight is 488 g/mol. The van der Waals surface area contributed by atoms with Gasteiger partial charge in [0.05, 0.1) is 17.5 Å². The highest BCUT2D eigenvalue weighted by Crippen LogP contribution is 2.64. The van der Waals surface area contributed by atoms with Gasteiger partial charge in [-0.25, -0.2) is 4.90 Å². The zero-order valence-electron chi connectivity index (χ0n) is 17.1. The van der Waals surface area contributed by atoms with E-state index in [1.807, 2.05) is 43.3 Å². The number of aryl methyl sites for hydroxylation is 1. The van der Waals surface area contributed by atoms with E-state index in [2.05, 4.69) is 15.9 Å². The first-order valence-corrected chi connectivity index (χ1v) is 11.2. The van der Waals surface area contributed by atoms with Gasteiger partial charge in [0.2, 0.25) is 11.8 Å². The van der Waals surface area contributed by atoms with Crippen LogP contribution in [0.1, 0.15) is 33.7 Å². The van der Waals surface area contributed by atoms with Gasteiger partial charge in [-0.2, -0.15) is 0 Å². The second kappa shape index (κ2) is 6.39. The molecule has 5 nitrogen and oxygen atoms in total. The normalized spacial score (nSPS) is 27.2. The van der Waals surface area contributed by atoms with Crippen molar-refractivity contribution in [3.63, 3.8) is 0 Å². The van der Waals surface area contributed by atoms with Gasteiger partial charge in [-0.05, 0) is 62.8 Å². The molecular weight excluding hydrogens is 470 g/mol. The van der Waals surface area contributed by atoms with Gasteiger partial charge in [0.15, 0.2) is 0 Å². The molecule has 2 amide bonds. The highest BCUT2D eigenvalue weighted by atomic mass is 79.9. The third-order valence-corrected chi connectivity index (χ3v) is 7.93. The highest BCUT2D eigenvalue weighted by Gasteiger charge is 2.71. The fourth-order valence-electron chi connectivity index (χ4n) is 6.17. The number of carbonyl (C=O) groups excluding carboxylic acids is 2. The summed E-state index contributed by atoms with van der Waals surface area (Å²) in [6, 6.07) is 20.1. The number of hydrogen-bond donors (Lipinski definition) is 1. The van der Waals surface area contributed by atoms with Gasteiger partial charge in [-0.1, -0.05) is 54.6 Å². The number of halogens is 1. The van der Waals surface area contributed by atoms with E-state index < -0.39 is 29.1 Å². The molecule has 6 heteroatoms. The van der Waals surface area contributed by atoms with Crippen molar-refractivity contribution in [1.82, 2.24) is 0 Å². The average Bonchev–Trinajstić information content (AvgIpc) is 3.05. The van der Waals surface area contributed by atoms with Crippen LogP contribution in [0.4, 0.5) is 5.69 Å². The third kappa shape index (κ3) is 2.11. The Labute approximate surface area is 192 Å². The molecule has 2 atom stereocenters. The summed E-state index contributed by atoms with van der Waals surface area (Å²) in [5.41, 5.74) is 2.70. The van der Waals surface area contributed by atoms with Crippen molar-refractivity contribution < 1.29 is 19.5 Å². The predicted octanol–water partition coefficient (Wildman–Crippen LogP) is 4.39. The molecule has 0 radical (unpaired) electrons. The van der Waals surface area contributed by atoms with Crippen molar-refractivity contribution >= 4 is 39.4 Å². The van der Waals surface area contributed by atoms with Crippen LogP contribution in [0.15, 0.2) is 71.2 Å². The summed E-state index contributed by atoms with van der Waals surface area (Å²) in [5.74, 6) is -4.03. The lowest BCUT2D eigenvalue weighted by Gasteiger charge is -2.51. The first-order valence-electron chi connectivity index (χ1n) is 10.4. The van der Waals surface area contributed by atoms with Crippen LogP contribution >= 0.6 is 15.9 Å². The van der Waals surface area contributed by atoms with Gasteiger partial charge in [-0.3, -0.25) is 14.4 Å². The number of hydrogen-bond acceptors (Lipinski definition) is 3. The topological polar surface area (TPSA) is 74.7 Å². The summed E-state index contributed by atoms with van der Waals surface area (Å²) in [4.78, 5) is 42.1. The van der Waals surface area contributed by atoms with Crippen molar-refractivity contribution in [2.45, 2.75) is 18.3 Å². The first kappa shape index (κ1) is 19.4. The molecule has 3 aliphatic carbocycles. The molecular formula is C26H18BrNO4. The molecule has 158 valence electrons. The molecule has 1 fully saturated rings. The summed E-state index contributed by atoms with van der Waals surface area (Å²) in [6.07, 6.45) is 0. The molecule has 7 rings (SSSR count). The van der Waals surface area contributed by atoms with Crippen LogP contribution in [-0.2, 0) is 19.8 Å². The number of benzene rings is 3. The minimum absolute atomic E-state index is 0.343. The molecule has 32 heavy (non-hydrogen) atoms. The Morgan fingerprint density at radius 1 is 0.938 bits per heavy atom. The highest BCUT2D eigenvalue weighted by molar-refractivity contribution is 9.10. The zero-order chi connectivity index (χ0) is 22.4. The number of anilines is 1. The number of aliphatic carboxylic acids is 1. The van der Waals surface area contributed by atoms with Crippen molar-refractivity contribution in [2.75, 3.05) is 4.90 Å². The summed E-state index contributed by atoms with van der Waals surface area (Å²) < 4.78 is 0.629. The summed E-state index contributed by atoms with van der Waals surface area (Å²) >= 11 is 3.49. The molecule has 4 aliphatic rings. The molecule has 0 unspecified atom stereocenters. The van der Waals surface area contributed by atoms with Gasteiger partial charge in [-0.15, -0.1) is 0 Å². The van der Waals surface area contributed by atoms with Crippen LogP contribution in [0.5, 0.6) is 0 Å². The standard InChI is InChI=1S/C26H18BrNO4/c1-13-10-11-19(18(27)12-13)28-23(29)21-20-14-6-2-4-8-16(14)26(25(31)32,22(21)24(28)30)17-9-5-3-7-15(17)20/h2-12,20-22H,1H3,(H,31,32)/t20?,21-,22-,26?/m0/s1. The van der Waals surface area contributed by atoms with Crippen LogP contribution in [0.25, 0.3) is 0 Å². The Morgan fingerprint density at radius 2 is 1.53 bits per heavy atom. The quantitative estimate of drug-likeness (QED) is 0.543. The number of carboxylic acid groups (broad SMARTS) is 1. The lowest BCUT2D eigenvalue weighted by molar-refractivity contribution is -0.149. The molecule has 3 aromatic carbocycles. The second-order valence-corrected chi connectivity index (χ2v) is 9.59. The van der Waals surface area contributed by atoms with Crippen LogP contribution in [0.3, 0.4) is 0 Å². The molecule has 3 aromatic rings. The van der Waals surface area contributed by atoms with Crippen molar-refractivity contribution in [3.05, 3.63) is 99.0 Å². The Balaban J connectivity index is 1.67. The second-order valence-electron chi connectivity index (χ2n) is 8.74. The largest absolute Gasteiger partial charge is 0.480 e. The summed E-state index contributed by atoms with van der Waals surface area (Å²) in [6.45, 7) is 1.93. The Morgan fingerprint density at radius 3 is 2.09 bits per heavy atom. The summed E-state index contributed by atoms with van der Waals surface area (Å²) in [5, 5.41) is 10.7. The van der Waals surface area contributed by atoms with E-state index in [1.165, 1.54) is 4.90 Å².